The first-order valence-corrected chi connectivity index (χ1v) is 3.30. The van der Waals surface area contributed by atoms with Crippen molar-refractivity contribution in [3.05, 3.63) is 24.5 Å². The first kappa shape index (κ1) is 9.75. The molecule has 0 bridgehead atoms. The SMILES string of the molecule is C=C(C)C(=O)OCCC=CO. The van der Waals surface area contributed by atoms with Crippen molar-refractivity contribution in [2.45, 2.75) is 13.3 Å². The van der Waals surface area contributed by atoms with Crippen molar-refractivity contribution in [3.8, 4) is 0 Å². The average molecular weight is 156 g/mol. The third-order valence-corrected chi connectivity index (χ3v) is 0.972. The average Bonchev–Trinajstić information content (AvgIpc) is 1.97. The van der Waals surface area contributed by atoms with Crippen LogP contribution >= 0.6 is 0 Å². The zero-order chi connectivity index (χ0) is 8.69. The maximum Gasteiger partial charge on any atom is 0.333 e. The molecule has 0 aromatic heterocycles. The van der Waals surface area contributed by atoms with Crippen LogP contribution in [0.4, 0.5) is 0 Å². The number of ether oxygens (including phenoxy) is 1. The molecular formula is C8H12O3. The number of esters is 1. The number of aliphatic hydroxyl groups is 1. The molecule has 62 valence electrons. The van der Waals surface area contributed by atoms with Crippen LogP contribution in [-0.2, 0) is 9.53 Å². The van der Waals surface area contributed by atoms with Gasteiger partial charge in [0, 0.05) is 12.0 Å². The van der Waals surface area contributed by atoms with Gasteiger partial charge in [0.2, 0.25) is 0 Å². The summed E-state index contributed by atoms with van der Waals surface area (Å²) < 4.78 is 4.70. The highest BCUT2D eigenvalue weighted by Gasteiger charge is 2.00. The van der Waals surface area contributed by atoms with E-state index in [2.05, 4.69) is 6.58 Å². The molecule has 0 aliphatic heterocycles. The Morgan fingerprint density at radius 1 is 1.73 bits per heavy atom. The molecular weight excluding hydrogens is 144 g/mol. The maximum absolute atomic E-state index is 10.7. The highest BCUT2D eigenvalue weighted by atomic mass is 16.5. The Morgan fingerprint density at radius 2 is 2.36 bits per heavy atom. The number of hydrogen-bond donors (Lipinski definition) is 1. The summed E-state index contributed by atoms with van der Waals surface area (Å²) in [6.45, 7) is 5.28. The lowest BCUT2D eigenvalue weighted by Crippen LogP contribution is -2.05. The van der Waals surface area contributed by atoms with E-state index in [1.165, 1.54) is 6.08 Å². The third-order valence-electron chi connectivity index (χ3n) is 0.972. The van der Waals surface area contributed by atoms with Gasteiger partial charge in [0.05, 0.1) is 12.9 Å². The molecule has 0 saturated carbocycles. The molecule has 0 radical (unpaired) electrons. The molecule has 0 atom stereocenters. The minimum Gasteiger partial charge on any atom is -0.516 e. The molecule has 0 aromatic carbocycles. The van der Waals surface area contributed by atoms with E-state index in [4.69, 9.17) is 9.84 Å². The van der Waals surface area contributed by atoms with Gasteiger partial charge >= 0.3 is 5.97 Å². The summed E-state index contributed by atoms with van der Waals surface area (Å²) in [4.78, 5) is 10.7. The number of hydrogen-bond acceptors (Lipinski definition) is 3. The first-order valence-electron chi connectivity index (χ1n) is 3.30. The number of rotatable bonds is 4. The molecule has 0 saturated heterocycles. The van der Waals surface area contributed by atoms with Gasteiger partial charge in [0.15, 0.2) is 0 Å². The van der Waals surface area contributed by atoms with E-state index in [-0.39, 0.29) is 6.61 Å². The summed E-state index contributed by atoms with van der Waals surface area (Å²) in [6.07, 6.45) is 2.95. The molecule has 0 amide bonds. The summed E-state index contributed by atoms with van der Waals surface area (Å²) in [5.41, 5.74) is 0.387. The lowest BCUT2D eigenvalue weighted by molar-refractivity contribution is -0.138. The van der Waals surface area contributed by atoms with Crippen LogP contribution in [0.5, 0.6) is 0 Å². The van der Waals surface area contributed by atoms with Crippen LogP contribution < -0.4 is 0 Å². The number of carbonyl (C=O) groups is 1. The molecule has 0 rings (SSSR count). The first-order chi connectivity index (χ1) is 5.18. The minimum absolute atomic E-state index is 0.281. The molecule has 0 heterocycles. The molecule has 3 nitrogen and oxygen atoms in total. The fourth-order valence-corrected chi connectivity index (χ4v) is 0.417. The van der Waals surface area contributed by atoms with Crippen molar-refractivity contribution in [2.24, 2.45) is 0 Å². The molecule has 0 unspecified atom stereocenters. The molecule has 0 fully saturated rings. The van der Waals surface area contributed by atoms with Crippen LogP contribution in [0.1, 0.15) is 13.3 Å². The zero-order valence-electron chi connectivity index (χ0n) is 6.54. The van der Waals surface area contributed by atoms with E-state index in [0.29, 0.717) is 12.0 Å². The van der Waals surface area contributed by atoms with E-state index in [1.807, 2.05) is 0 Å². The second-order valence-corrected chi connectivity index (χ2v) is 2.09. The number of aliphatic hydroxyl groups excluding tert-OH is 1. The van der Waals surface area contributed by atoms with Crippen LogP contribution in [-0.4, -0.2) is 17.7 Å². The Bertz CT molecular complexity index is 170. The van der Waals surface area contributed by atoms with Gasteiger partial charge in [0.1, 0.15) is 0 Å². The van der Waals surface area contributed by atoms with E-state index >= 15 is 0 Å². The van der Waals surface area contributed by atoms with Crippen LogP contribution in [0.2, 0.25) is 0 Å². The summed E-state index contributed by atoms with van der Waals surface area (Å²) in [7, 11) is 0. The maximum atomic E-state index is 10.7. The Hall–Kier alpha value is -1.25. The molecule has 0 aromatic rings. The Morgan fingerprint density at radius 3 is 2.82 bits per heavy atom. The topological polar surface area (TPSA) is 46.5 Å². The van der Waals surface area contributed by atoms with Gasteiger partial charge in [-0.25, -0.2) is 4.79 Å². The third kappa shape index (κ3) is 5.21. The van der Waals surface area contributed by atoms with Crippen molar-refractivity contribution < 1.29 is 14.6 Å². The minimum atomic E-state index is -0.392. The Balaban J connectivity index is 3.39. The van der Waals surface area contributed by atoms with Crippen LogP contribution in [0, 0.1) is 0 Å². The lowest BCUT2D eigenvalue weighted by Gasteiger charge is -2.00. The monoisotopic (exact) mass is 156 g/mol. The van der Waals surface area contributed by atoms with Crippen LogP contribution in [0.25, 0.3) is 0 Å². The Kier molecular flexibility index (Phi) is 4.90. The second-order valence-electron chi connectivity index (χ2n) is 2.09. The van der Waals surface area contributed by atoms with Crippen molar-refractivity contribution in [1.29, 1.82) is 0 Å². The lowest BCUT2D eigenvalue weighted by atomic mass is 10.3. The van der Waals surface area contributed by atoms with Crippen molar-refractivity contribution in [2.75, 3.05) is 6.61 Å². The normalized spacial score (nSPS) is 9.91. The van der Waals surface area contributed by atoms with Gasteiger partial charge in [-0.05, 0) is 13.0 Å². The molecule has 0 aliphatic carbocycles. The van der Waals surface area contributed by atoms with Crippen molar-refractivity contribution in [1.82, 2.24) is 0 Å². The summed E-state index contributed by atoms with van der Waals surface area (Å²) >= 11 is 0. The molecule has 1 N–H and O–H groups in total. The van der Waals surface area contributed by atoms with Gasteiger partial charge in [-0.2, -0.15) is 0 Å². The predicted octanol–water partition coefficient (Wildman–Crippen LogP) is 1.57. The van der Waals surface area contributed by atoms with E-state index in [1.54, 1.807) is 6.92 Å². The highest BCUT2D eigenvalue weighted by Crippen LogP contribution is 1.93. The molecule has 11 heavy (non-hydrogen) atoms. The highest BCUT2D eigenvalue weighted by molar-refractivity contribution is 5.86. The van der Waals surface area contributed by atoms with Crippen molar-refractivity contribution in [3.63, 3.8) is 0 Å². The predicted molar refractivity (Wildman–Crippen MR) is 42.2 cm³/mol. The summed E-state index contributed by atoms with van der Waals surface area (Å²) in [5, 5.41) is 8.20. The fraction of sp³-hybridized carbons (Fsp3) is 0.375. The van der Waals surface area contributed by atoms with Gasteiger partial charge in [-0.1, -0.05) is 6.58 Å². The standard InChI is InChI=1S/C8H12O3/c1-7(2)8(10)11-6-4-3-5-9/h3,5,9H,1,4,6H2,2H3. The van der Waals surface area contributed by atoms with Crippen LogP contribution in [0.3, 0.4) is 0 Å². The zero-order valence-corrected chi connectivity index (χ0v) is 6.54. The fourth-order valence-electron chi connectivity index (χ4n) is 0.417. The van der Waals surface area contributed by atoms with Crippen molar-refractivity contribution >= 4 is 5.97 Å². The summed E-state index contributed by atoms with van der Waals surface area (Å²) in [5.74, 6) is -0.392. The van der Waals surface area contributed by atoms with Gasteiger partial charge in [-0.3, -0.25) is 0 Å². The summed E-state index contributed by atoms with van der Waals surface area (Å²) in [6, 6.07) is 0. The molecule has 0 aliphatic rings. The van der Waals surface area contributed by atoms with E-state index in [0.717, 1.165) is 6.26 Å². The Labute approximate surface area is 66.0 Å². The smallest absolute Gasteiger partial charge is 0.333 e. The molecule has 0 spiro atoms. The van der Waals surface area contributed by atoms with Gasteiger partial charge in [0.25, 0.3) is 0 Å². The van der Waals surface area contributed by atoms with Gasteiger partial charge < -0.3 is 9.84 Å². The number of carbonyl (C=O) groups excluding carboxylic acids is 1. The van der Waals surface area contributed by atoms with Gasteiger partial charge in [-0.15, -0.1) is 0 Å². The quantitative estimate of drug-likeness (QED) is 0.291. The van der Waals surface area contributed by atoms with E-state index in [9.17, 15) is 4.79 Å². The molecule has 3 heteroatoms. The largest absolute Gasteiger partial charge is 0.516 e. The van der Waals surface area contributed by atoms with Crippen LogP contribution in [0.15, 0.2) is 24.5 Å². The second kappa shape index (κ2) is 5.53. The van der Waals surface area contributed by atoms with E-state index < -0.39 is 5.97 Å².